The Labute approximate surface area is 340 Å². The summed E-state index contributed by atoms with van der Waals surface area (Å²) < 4.78 is 2.44. The zero-order chi connectivity index (χ0) is 39.2. The molecule has 1 heterocycles. The molecule has 0 amide bonds. The van der Waals surface area contributed by atoms with E-state index in [9.17, 15) is 0 Å². The third kappa shape index (κ3) is 6.06. The van der Waals surface area contributed by atoms with Crippen LogP contribution in [0.3, 0.4) is 0 Å². The lowest BCUT2D eigenvalue weighted by atomic mass is 9.87. The summed E-state index contributed by atoms with van der Waals surface area (Å²) in [6.07, 6.45) is 0. The van der Waals surface area contributed by atoms with Crippen molar-refractivity contribution in [1.29, 1.82) is 0 Å². The van der Waals surface area contributed by atoms with E-state index in [4.69, 9.17) is 0 Å². The Morgan fingerprint density at radius 3 is 1.60 bits per heavy atom. The second-order valence-electron chi connectivity index (χ2n) is 16.1. The van der Waals surface area contributed by atoms with Gasteiger partial charge in [0.05, 0.1) is 22.4 Å². The van der Waals surface area contributed by atoms with Crippen LogP contribution in [0.5, 0.6) is 0 Å². The molecule has 0 fully saturated rings. The molecule has 1 aromatic heterocycles. The van der Waals surface area contributed by atoms with E-state index in [0.29, 0.717) is 0 Å². The minimum Gasteiger partial charge on any atom is -0.309 e. The molecule has 0 spiro atoms. The largest absolute Gasteiger partial charge is 0.309 e. The highest BCUT2D eigenvalue weighted by Gasteiger charge is 2.25. The predicted octanol–water partition coefficient (Wildman–Crippen LogP) is 15.7. The van der Waals surface area contributed by atoms with Crippen molar-refractivity contribution in [3.63, 3.8) is 0 Å². The Kier molecular flexibility index (Phi) is 8.76. The summed E-state index contributed by atoms with van der Waals surface area (Å²) in [4.78, 5) is 2.48. The number of hydrogen-bond donors (Lipinski definition) is 0. The molecule has 0 N–H and O–H groups in total. The van der Waals surface area contributed by atoms with E-state index in [1.807, 2.05) is 0 Å². The monoisotopic (exact) mass is 744 g/mol. The van der Waals surface area contributed by atoms with Crippen LogP contribution in [0.2, 0.25) is 0 Å². The molecule has 0 saturated carbocycles. The Bertz CT molecular complexity index is 3070. The summed E-state index contributed by atoms with van der Waals surface area (Å²) in [7, 11) is 0. The molecule has 0 aliphatic rings. The summed E-state index contributed by atoms with van der Waals surface area (Å²) in [5.41, 5.74) is 15.3. The van der Waals surface area contributed by atoms with Crippen LogP contribution in [-0.4, -0.2) is 4.57 Å². The number of para-hydroxylation sites is 5. The van der Waals surface area contributed by atoms with Gasteiger partial charge in [-0.15, -0.1) is 0 Å². The molecular weight excluding hydrogens is 701 g/mol. The van der Waals surface area contributed by atoms with E-state index in [0.717, 1.165) is 28.3 Å². The van der Waals surface area contributed by atoms with E-state index in [-0.39, 0.29) is 5.41 Å². The maximum atomic E-state index is 2.48. The van der Waals surface area contributed by atoms with Crippen molar-refractivity contribution in [3.8, 4) is 39.1 Å². The predicted molar refractivity (Wildman–Crippen MR) is 248 cm³/mol. The molecule has 10 aromatic rings. The van der Waals surface area contributed by atoms with Gasteiger partial charge in [0.15, 0.2) is 0 Å². The summed E-state index contributed by atoms with van der Waals surface area (Å²) in [6.45, 7) is 6.84. The Hall–Kier alpha value is -7.16. The zero-order valence-electron chi connectivity index (χ0n) is 33.1. The minimum atomic E-state index is 0.0243. The lowest BCUT2D eigenvalue weighted by Gasteiger charge is -2.31. The standard InChI is InChI=1S/C56H44N2/c1-56(2,3)41-35-37-43(38-36-41)57(51-32-13-10-25-45(51)48-29-17-22-40-21-16-28-44(54(40)48)39-19-6-4-7-20-39)52-33-14-11-26-46(52)49-30-18-31-50-47-27-12-15-34-53(47)58(55(49)50)42-23-8-5-9-24-42/h4-38H,1-3H3. The van der Waals surface area contributed by atoms with Crippen LogP contribution in [0.25, 0.3) is 71.6 Å². The van der Waals surface area contributed by atoms with Gasteiger partial charge in [-0.3, -0.25) is 0 Å². The van der Waals surface area contributed by atoms with Crippen molar-refractivity contribution in [1.82, 2.24) is 4.57 Å². The highest BCUT2D eigenvalue weighted by atomic mass is 15.1. The van der Waals surface area contributed by atoms with Crippen LogP contribution in [0.1, 0.15) is 26.3 Å². The Morgan fingerprint density at radius 1 is 0.397 bits per heavy atom. The third-order valence-electron chi connectivity index (χ3n) is 11.6. The first kappa shape index (κ1) is 35.3. The van der Waals surface area contributed by atoms with Crippen LogP contribution in [0, 0.1) is 0 Å². The highest BCUT2D eigenvalue weighted by molar-refractivity contribution is 6.15. The molecule has 0 radical (unpaired) electrons. The molecule has 278 valence electrons. The maximum Gasteiger partial charge on any atom is 0.0620 e. The maximum absolute atomic E-state index is 2.48. The van der Waals surface area contributed by atoms with Crippen LogP contribution >= 0.6 is 0 Å². The fraction of sp³-hybridized carbons (Fsp3) is 0.0714. The van der Waals surface area contributed by atoms with Gasteiger partial charge in [-0.2, -0.15) is 0 Å². The smallest absolute Gasteiger partial charge is 0.0620 e. The fourth-order valence-electron chi connectivity index (χ4n) is 8.82. The number of benzene rings is 9. The van der Waals surface area contributed by atoms with E-state index in [2.05, 4.69) is 243 Å². The normalized spacial score (nSPS) is 11.7. The number of fused-ring (bicyclic) bond motifs is 4. The molecule has 0 unspecified atom stereocenters. The fourth-order valence-corrected chi connectivity index (χ4v) is 8.82. The molecule has 0 bridgehead atoms. The average Bonchev–Trinajstić information content (AvgIpc) is 3.62. The number of aromatic nitrogens is 1. The SMILES string of the molecule is CC(C)(C)c1ccc(N(c2ccccc2-c2cccc3cccc(-c4ccccc4)c23)c2ccccc2-c2cccc3c4ccccc4n(-c4ccccc4)c23)cc1. The molecule has 0 saturated heterocycles. The van der Waals surface area contributed by atoms with Gasteiger partial charge in [-0.25, -0.2) is 0 Å². The van der Waals surface area contributed by atoms with Gasteiger partial charge >= 0.3 is 0 Å². The van der Waals surface area contributed by atoms with Crippen molar-refractivity contribution in [2.75, 3.05) is 4.90 Å². The average molecular weight is 745 g/mol. The minimum absolute atomic E-state index is 0.0243. The molecule has 0 aliphatic heterocycles. The van der Waals surface area contributed by atoms with Crippen molar-refractivity contribution >= 4 is 49.6 Å². The quantitative estimate of drug-likeness (QED) is 0.158. The lowest BCUT2D eigenvalue weighted by Crippen LogP contribution is -2.14. The molecule has 10 rings (SSSR count). The summed E-state index contributed by atoms with van der Waals surface area (Å²) >= 11 is 0. The van der Waals surface area contributed by atoms with Crippen LogP contribution in [-0.2, 0) is 5.41 Å². The highest BCUT2D eigenvalue weighted by Crippen LogP contribution is 2.49. The molecule has 9 aromatic carbocycles. The van der Waals surface area contributed by atoms with E-state index < -0.39 is 0 Å². The van der Waals surface area contributed by atoms with Gasteiger partial charge in [0, 0.05) is 38.8 Å². The number of hydrogen-bond acceptors (Lipinski definition) is 1. The molecule has 0 atom stereocenters. The van der Waals surface area contributed by atoms with Gasteiger partial charge in [0.1, 0.15) is 0 Å². The van der Waals surface area contributed by atoms with E-state index >= 15 is 0 Å². The summed E-state index contributed by atoms with van der Waals surface area (Å²) in [5, 5.41) is 4.94. The number of nitrogens with zero attached hydrogens (tertiary/aromatic N) is 2. The second-order valence-corrected chi connectivity index (χ2v) is 16.1. The van der Waals surface area contributed by atoms with Crippen LogP contribution < -0.4 is 4.90 Å². The first-order valence-electron chi connectivity index (χ1n) is 20.2. The summed E-state index contributed by atoms with van der Waals surface area (Å²) in [5.74, 6) is 0. The van der Waals surface area contributed by atoms with E-state index in [1.54, 1.807) is 0 Å². The van der Waals surface area contributed by atoms with Crippen molar-refractivity contribution in [2.45, 2.75) is 26.2 Å². The number of anilines is 3. The second kappa shape index (κ2) is 14.4. The Balaban J connectivity index is 1.26. The first-order chi connectivity index (χ1) is 28.5. The summed E-state index contributed by atoms with van der Waals surface area (Å²) in [6, 6.07) is 77.6. The molecule has 58 heavy (non-hydrogen) atoms. The van der Waals surface area contributed by atoms with E-state index in [1.165, 1.54) is 66.0 Å². The molecule has 2 heteroatoms. The lowest BCUT2D eigenvalue weighted by molar-refractivity contribution is 0.590. The van der Waals surface area contributed by atoms with Crippen molar-refractivity contribution < 1.29 is 0 Å². The van der Waals surface area contributed by atoms with Gasteiger partial charge in [-0.1, -0.05) is 191 Å². The molecule has 0 aliphatic carbocycles. The molecular formula is C56H44N2. The van der Waals surface area contributed by atoms with Gasteiger partial charge < -0.3 is 9.47 Å². The van der Waals surface area contributed by atoms with Gasteiger partial charge in [0.2, 0.25) is 0 Å². The molecule has 2 nitrogen and oxygen atoms in total. The van der Waals surface area contributed by atoms with Crippen LogP contribution in [0.15, 0.2) is 212 Å². The van der Waals surface area contributed by atoms with Crippen LogP contribution in [0.4, 0.5) is 17.1 Å². The first-order valence-corrected chi connectivity index (χ1v) is 20.2. The van der Waals surface area contributed by atoms with Gasteiger partial charge in [-0.05, 0) is 80.9 Å². The number of rotatable bonds is 7. The van der Waals surface area contributed by atoms with Crippen molar-refractivity contribution in [3.05, 3.63) is 218 Å². The van der Waals surface area contributed by atoms with Crippen molar-refractivity contribution in [2.24, 2.45) is 0 Å². The topological polar surface area (TPSA) is 8.17 Å². The zero-order valence-corrected chi connectivity index (χ0v) is 33.1. The third-order valence-corrected chi connectivity index (χ3v) is 11.6. The Morgan fingerprint density at radius 2 is 0.914 bits per heavy atom. The van der Waals surface area contributed by atoms with Gasteiger partial charge in [0.25, 0.3) is 0 Å².